The number of anilines is 1. The molecular formula is C16H23N3O. The average molecular weight is 273 g/mol. The van der Waals surface area contributed by atoms with Crippen LogP contribution in [-0.2, 0) is 11.3 Å². The van der Waals surface area contributed by atoms with Crippen LogP contribution >= 0.6 is 0 Å². The second-order valence-corrected chi connectivity index (χ2v) is 6.05. The van der Waals surface area contributed by atoms with Crippen molar-refractivity contribution in [2.75, 3.05) is 25.0 Å². The summed E-state index contributed by atoms with van der Waals surface area (Å²) < 4.78 is 0. The van der Waals surface area contributed by atoms with Gasteiger partial charge in [0, 0.05) is 25.3 Å². The zero-order valence-corrected chi connectivity index (χ0v) is 11.8. The Kier molecular flexibility index (Phi) is 4.03. The Balaban J connectivity index is 1.55. The summed E-state index contributed by atoms with van der Waals surface area (Å²) in [6.45, 7) is 3.14. The van der Waals surface area contributed by atoms with Gasteiger partial charge in [-0.05, 0) is 36.3 Å². The van der Waals surface area contributed by atoms with Crippen LogP contribution in [0, 0.1) is 11.8 Å². The van der Waals surface area contributed by atoms with Crippen molar-refractivity contribution in [1.82, 2.24) is 4.90 Å². The summed E-state index contributed by atoms with van der Waals surface area (Å²) in [4.78, 5) is 14.5. The molecule has 4 heteroatoms. The lowest BCUT2D eigenvalue weighted by molar-refractivity contribution is -0.117. The van der Waals surface area contributed by atoms with Crippen molar-refractivity contribution in [2.24, 2.45) is 17.6 Å². The number of nitrogens with two attached hydrogens (primary N) is 1. The van der Waals surface area contributed by atoms with Gasteiger partial charge in [0.25, 0.3) is 0 Å². The molecule has 108 valence electrons. The zero-order valence-electron chi connectivity index (χ0n) is 11.8. The van der Waals surface area contributed by atoms with E-state index in [2.05, 4.69) is 10.2 Å². The number of rotatable bonds is 4. The normalized spacial score (nSPS) is 25.6. The van der Waals surface area contributed by atoms with Crippen LogP contribution in [0.2, 0.25) is 0 Å². The quantitative estimate of drug-likeness (QED) is 0.879. The molecule has 1 aromatic carbocycles. The number of likely N-dealkylation sites (tertiary alicyclic amines) is 1. The molecule has 0 radical (unpaired) electrons. The minimum absolute atomic E-state index is 0.0749. The molecule has 20 heavy (non-hydrogen) atoms. The number of para-hydroxylation sites is 1. The number of hydrogen-bond acceptors (Lipinski definition) is 3. The number of nitrogens with one attached hydrogen (secondary N) is 1. The van der Waals surface area contributed by atoms with Gasteiger partial charge in [0.2, 0.25) is 5.91 Å². The van der Waals surface area contributed by atoms with Crippen molar-refractivity contribution in [3.63, 3.8) is 0 Å². The zero-order chi connectivity index (χ0) is 13.9. The Labute approximate surface area is 120 Å². The van der Waals surface area contributed by atoms with Crippen LogP contribution in [0.3, 0.4) is 0 Å². The van der Waals surface area contributed by atoms with Crippen LogP contribution in [0.4, 0.5) is 5.69 Å². The molecule has 1 aromatic rings. The summed E-state index contributed by atoms with van der Waals surface area (Å²) in [6, 6.07) is 7.74. The summed E-state index contributed by atoms with van der Waals surface area (Å²) in [6.07, 6.45) is 4.07. The largest absolute Gasteiger partial charge is 0.326 e. The highest BCUT2D eigenvalue weighted by Gasteiger charge is 2.36. The molecule has 2 fully saturated rings. The van der Waals surface area contributed by atoms with Crippen molar-refractivity contribution in [3.05, 3.63) is 29.8 Å². The fourth-order valence-electron chi connectivity index (χ4n) is 3.67. The minimum Gasteiger partial charge on any atom is -0.326 e. The Morgan fingerprint density at radius 3 is 2.65 bits per heavy atom. The van der Waals surface area contributed by atoms with Gasteiger partial charge >= 0.3 is 0 Å². The van der Waals surface area contributed by atoms with Gasteiger partial charge in [0.1, 0.15) is 0 Å². The maximum absolute atomic E-state index is 12.2. The Bertz CT molecular complexity index is 476. The second kappa shape index (κ2) is 5.94. The van der Waals surface area contributed by atoms with E-state index in [-0.39, 0.29) is 5.91 Å². The van der Waals surface area contributed by atoms with Crippen LogP contribution in [0.15, 0.2) is 24.3 Å². The van der Waals surface area contributed by atoms with Crippen molar-refractivity contribution < 1.29 is 4.79 Å². The number of fused-ring (bicyclic) bond motifs is 1. The molecule has 1 aliphatic carbocycles. The molecular weight excluding hydrogens is 250 g/mol. The lowest BCUT2D eigenvalue weighted by atomic mass is 10.0. The maximum Gasteiger partial charge on any atom is 0.238 e. The van der Waals surface area contributed by atoms with Crippen LogP contribution < -0.4 is 11.1 Å². The van der Waals surface area contributed by atoms with Gasteiger partial charge in [-0.25, -0.2) is 0 Å². The number of benzene rings is 1. The highest BCUT2D eigenvalue weighted by Crippen LogP contribution is 2.37. The van der Waals surface area contributed by atoms with Gasteiger partial charge in [-0.1, -0.05) is 24.6 Å². The molecule has 2 unspecified atom stereocenters. The lowest BCUT2D eigenvalue weighted by Gasteiger charge is -2.17. The van der Waals surface area contributed by atoms with Crippen LogP contribution in [0.5, 0.6) is 0 Å². The molecule has 2 aliphatic rings. The van der Waals surface area contributed by atoms with E-state index >= 15 is 0 Å². The van der Waals surface area contributed by atoms with Gasteiger partial charge < -0.3 is 11.1 Å². The molecule has 3 rings (SSSR count). The lowest BCUT2D eigenvalue weighted by Crippen LogP contribution is -2.32. The van der Waals surface area contributed by atoms with E-state index in [0.717, 1.165) is 36.2 Å². The van der Waals surface area contributed by atoms with Gasteiger partial charge in [0.15, 0.2) is 0 Å². The first-order chi connectivity index (χ1) is 9.76. The van der Waals surface area contributed by atoms with Crippen LogP contribution in [-0.4, -0.2) is 30.4 Å². The Morgan fingerprint density at radius 2 is 1.95 bits per heavy atom. The Hall–Kier alpha value is -1.39. The van der Waals surface area contributed by atoms with Gasteiger partial charge in [-0.2, -0.15) is 0 Å². The highest BCUT2D eigenvalue weighted by molar-refractivity contribution is 5.93. The molecule has 1 saturated heterocycles. The monoisotopic (exact) mass is 273 g/mol. The number of carbonyl (C=O) groups is 1. The molecule has 0 bridgehead atoms. The first-order valence-corrected chi connectivity index (χ1v) is 7.56. The SMILES string of the molecule is NCc1ccccc1NC(=O)CN1CC2CCCC2C1. The van der Waals surface area contributed by atoms with Crippen molar-refractivity contribution >= 4 is 11.6 Å². The van der Waals surface area contributed by atoms with Gasteiger partial charge in [-0.3, -0.25) is 9.69 Å². The molecule has 4 nitrogen and oxygen atoms in total. The molecule has 3 N–H and O–H groups in total. The number of hydrogen-bond donors (Lipinski definition) is 2. The summed E-state index contributed by atoms with van der Waals surface area (Å²) in [7, 11) is 0. The number of carbonyl (C=O) groups excluding carboxylic acids is 1. The smallest absolute Gasteiger partial charge is 0.238 e. The fourth-order valence-corrected chi connectivity index (χ4v) is 3.67. The van der Waals surface area contributed by atoms with Crippen molar-refractivity contribution in [2.45, 2.75) is 25.8 Å². The first kappa shape index (κ1) is 13.6. The molecule has 2 atom stereocenters. The molecule has 1 amide bonds. The van der Waals surface area contributed by atoms with Crippen LogP contribution in [0.1, 0.15) is 24.8 Å². The standard InChI is InChI=1S/C16H23N3O/c17-8-12-4-1-2-7-15(12)18-16(20)11-19-9-13-5-3-6-14(13)10-19/h1-2,4,7,13-14H,3,5-6,8-11,17H2,(H,18,20). The molecule has 1 heterocycles. The fraction of sp³-hybridized carbons (Fsp3) is 0.562. The Morgan fingerprint density at radius 1 is 1.25 bits per heavy atom. The van der Waals surface area contributed by atoms with E-state index in [1.807, 2.05) is 24.3 Å². The minimum atomic E-state index is 0.0749. The maximum atomic E-state index is 12.2. The first-order valence-electron chi connectivity index (χ1n) is 7.56. The van der Waals surface area contributed by atoms with E-state index in [9.17, 15) is 4.79 Å². The van der Waals surface area contributed by atoms with Crippen molar-refractivity contribution in [1.29, 1.82) is 0 Å². The third-order valence-corrected chi connectivity index (χ3v) is 4.68. The third kappa shape index (κ3) is 2.86. The summed E-state index contributed by atoms with van der Waals surface area (Å²) in [5, 5.41) is 2.99. The molecule has 1 aliphatic heterocycles. The predicted molar refractivity (Wildman–Crippen MR) is 80.2 cm³/mol. The molecule has 0 spiro atoms. The van der Waals surface area contributed by atoms with Crippen molar-refractivity contribution in [3.8, 4) is 0 Å². The van der Waals surface area contributed by atoms with E-state index < -0.39 is 0 Å². The predicted octanol–water partition coefficient (Wildman–Crippen LogP) is 1.82. The molecule has 0 aromatic heterocycles. The topological polar surface area (TPSA) is 58.4 Å². The number of amides is 1. The molecule has 1 saturated carbocycles. The van der Waals surface area contributed by atoms with E-state index in [0.29, 0.717) is 13.1 Å². The number of nitrogens with zero attached hydrogens (tertiary/aromatic N) is 1. The van der Waals surface area contributed by atoms with Gasteiger partial charge in [-0.15, -0.1) is 0 Å². The van der Waals surface area contributed by atoms with E-state index in [1.54, 1.807) is 0 Å². The third-order valence-electron chi connectivity index (χ3n) is 4.68. The van der Waals surface area contributed by atoms with Crippen LogP contribution in [0.25, 0.3) is 0 Å². The van der Waals surface area contributed by atoms with Gasteiger partial charge in [0.05, 0.1) is 6.54 Å². The average Bonchev–Trinajstić information content (AvgIpc) is 3.00. The van der Waals surface area contributed by atoms with E-state index in [4.69, 9.17) is 5.73 Å². The highest BCUT2D eigenvalue weighted by atomic mass is 16.2. The van der Waals surface area contributed by atoms with E-state index in [1.165, 1.54) is 19.3 Å². The second-order valence-electron chi connectivity index (χ2n) is 6.05. The summed E-state index contributed by atoms with van der Waals surface area (Å²) in [5.41, 5.74) is 7.52. The summed E-state index contributed by atoms with van der Waals surface area (Å²) >= 11 is 0. The summed E-state index contributed by atoms with van der Waals surface area (Å²) in [5.74, 6) is 1.74.